The van der Waals surface area contributed by atoms with E-state index in [2.05, 4.69) is 26.1 Å². The van der Waals surface area contributed by atoms with E-state index in [4.69, 9.17) is 23.2 Å². The zero-order valence-corrected chi connectivity index (χ0v) is 15.1. The van der Waals surface area contributed by atoms with Crippen molar-refractivity contribution >= 4 is 34.0 Å². The van der Waals surface area contributed by atoms with E-state index in [9.17, 15) is 4.21 Å². The summed E-state index contributed by atoms with van der Waals surface area (Å²) < 4.78 is 13.0. The molecule has 0 heterocycles. The maximum absolute atomic E-state index is 13.0. The lowest BCUT2D eigenvalue weighted by molar-refractivity contribution is 0.248. The molecular weight excluding hydrogens is 325 g/mol. The fourth-order valence-corrected chi connectivity index (χ4v) is 5.56. The van der Waals surface area contributed by atoms with Crippen LogP contribution in [-0.2, 0) is 10.8 Å². The first-order chi connectivity index (χ1) is 9.93. The Labute approximate surface area is 140 Å². The van der Waals surface area contributed by atoms with Crippen LogP contribution in [0.25, 0.3) is 0 Å². The lowest BCUT2D eigenvalue weighted by Gasteiger charge is -2.39. The van der Waals surface area contributed by atoms with Gasteiger partial charge in [-0.2, -0.15) is 0 Å². The van der Waals surface area contributed by atoms with Gasteiger partial charge in [-0.3, -0.25) is 4.21 Å². The zero-order chi connectivity index (χ0) is 15.6. The first-order valence-corrected chi connectivity index (χ1v) is 9.50. The van der Waals surface area contributed by atoms with Crippen molar-refractivity contribution in [2.45, 2.75) is 49.8 Å². The van der Waals surface area contributed by atoms with Gasteiger partial charge in [0.05, 0.1) is 26.1 Å². The minimum atomic E-state index is -1.07. The molecule has 1 fully saturated rings. The Balaban J connectivity index is 2.27. The average Bonchev–Trinajstić information content (AvgIpc) is 2.41. The second kappa shape index (κ2) is 7.45. The summed E-state index contributed by atoms with van der Waals surface area (Å²) in [6, 6.07) is 5.60. The first kappa shape index (κ1) is 17.3. The van der Waals surface area contributed by atoms with E-state index in [0.29, 0.717) is 27.9 Å². The van der Waals surface area contributed by atoms with Crippen LogP contribution in [0.2, 0.25) is 10.0 Å². The van der Waals surface area contributed by atoms with Gasteiger partial charge in [-0.15, -0.1) is 0 Å². The van der Waals surface area contributed by atoms with Crippen LogP contribution in [0.4, 0.5) is 0 Å². The van der Waals surface area contributed by atoms with Crippen LogP contribution < -0.4 is 5.32 Å². The average molecular weight is 348 g/mol. The third-order valence-corrected chi connectivity index (χ3v) is 6.97. The summed E-state index contributed by atoms with van der Waals surface area (Å²) in [6.45, 7) is 7.49. The number of nitrogens with one attached hydrogen (secondary N) is 1. The lowest BCUT2D eigenvalue weighted by atomic mass is 9.80. The van der Waals surface area contributed by atoms with Crippen molar-refractivity contribution in [1.29, 1.82) is 0 Å². The van der Waals surface area contributed by atoms with Gasteiger partial charge in [0.1, 0.15) is 0 Å². The first-order valence-electron chi connectivity index (χ1n) is 7.53. The van der Waals surface area contributed by atoms with Crippen molar-refractivity contribution < 1.29 is 4.21 Å². The summed E-state index contributed by atoms with van der Waals surface area (Å²) in [6.07, 6.45) is 2.20. The molecule has 1 aliphatic rings. The largest absolute Gasteiger partial charge is 0.313 e. The molecule has 1 N–H and O–H groups in total. The lowest BCUT2D eigenvalue weighted by Crippen LogP contribution is -2.50. The number of hydrogen-bond donors (Lipinski definition) is 1. The summed E-state index contributed by atoms with van der Waals surface area (Å²) in [5.74, 6) is 1.10. The van der Waals surface area contributed by atoms with Crippen LogP contribution in [-0.4, -0.2) is 22.0 Å². The maximum Gasteiger partial charge on any atom is 0.0604 e. The predicted octanol–water partition coefficient (Wildman–Crippen LogP) is 4.51. The standard InChI is InChI=1S/C16H23Cl2NOS/c1-4-19-15-8-10(2)7-11(3)16(15)21(20)12-5-6-13(17)14(18)9-12/h5-6,9-11,15-16,19H,4,7-8H2,1-3H3. The van der Waals surface area contributed by atoms with Crippen LogP contribution in [0.5, 0.6) is 0 Å². The summed E-state index contributed by atoms with van der Waals surface area (Å²) >= 11 is 12.0. The molecule has 0 bridgehead atoms. The fourth-order valence-electron chi connectivity index (χ4n) is 3.41. The third-order valence-electron chi connectivity index (χ3n) is 4.22. The highest BCUT2D eigenvalue weighted by atomic mass is 35.5. The quantitative estimate of drug-likeness (QED) is 0.867. The van der Waals surface area contributed by atoms with Gasteiger partial charge in [0.25, 0.3) is 0 Å². The monoisotopic (exact) mass is 347 g/mol. The van der Waals surface area contributed by atoms with Crippen molar-refractivity contribution in [1.82, 2.24) is 5.32 Å². The molecule has 2 rings (SSSR count). The fraction of sp³-hybridized carbons (Fsp3) is 0.625. The molecule has 1 aliphatic carbocycles. The molecule has 1 aromatic carbocycles. The molecule has 0 amide bonds. The number of hydrogen-bond acceptors (Lipinski definition) is 2. The molecule has 0 radical (unpaired) electrons. The summed E-state index contributed by atoms with van der Waals surface area (Å²) in [5, 5.41) is 4.62. The molecule has 21 heavy (non-hydrogen) atoms. The number of rotatable bonds is 4. The van der Waals surface area contributed by atoms with Crippen LogP contribution >= 0.6 is 23.2 Å². The molecule has 2 nitrogen and oxygen atoms in total. The minimum absolute atomic E-state index is 0.124. The van der Waals surface area contributed by atoms with Crippen molar-refractivity contribution in [3.63, 3.8) is 0 Å². The van der Waals surface area contributed by atoms with Gasteiger partial charge in [-0.25, -0.2) is 0 Å². The molecular formula is C16H23Cl2NOS. The Morgan fingerprint density at radius 3 is 2.57 bits per heavy atom. The molecule has 118 valence electrons. The number of benzene rings is 1. The van der Waals surface area contributed by atoms with Crippen LogP contribution in [0.3, 0.4) is 0 Å². The van der Waals surface area contributed by atoms with E-state index in [1.807, 2.05) is 6.07 Å². The highest BCUT2D eigenvalue weighted by Gasteiger charge is 2.37. The Hall–Kier alpha value is -0.0900. The molecule has 5 atom stereocenters. The van der Waals surface area contributed by atoms with E-state index in [1.165, 1.54) is 0 Å². The van der Waals surface area contributed by atoms with Gasteiger partial charge in [-0.05, 0) is 49.4 Å². The Morgan fingerprint density at radius 2 is 1.95 bits per heavy atom. The molecule has 0 saturated heterocycles. The van der Waals surface area contributed by atoms with Crippen LogP contribution in [0, 0.1) is 11.8 Å². The molecule has 1 saturated carbocycles. The van der Waals surface area contributed by atoms with Gasteiger partial charge >= 0.3 is 0 Å². The van der Waals surface area contributed by atoms with Gasteiger partial charge in [-0.1, -0.05) is 44.0 Å². The van der Waals surface area contributed by atoms with E-state index in [0.717, 1.165) is 24.3 Å². The molecule has 0 aromatic heterocycles. The smallest absolute Gasteiger partial charge is 0.0604 e. The SMILES string of the molecule is CCNC1CC(C)CC(C)C1S(=O)c1ccc(Cl)c(Cl)c1. The van der Waals surface area contributed by atoms with Gasteiger partial charge in [0, 0.05) is 10.9 Å². The summed E-state index contributed by atoms with van der Waals surface area (Å²) in [5.41, 5.74) is 0. The van der Waals surface area contributed by atoms with Gasteiger partial charge in [0.2, 0.25) is 0 Å². The molecule has 5 heteroatoms. The van der Waals surface area contributed by atoms with E-state index in [1.54, 1.807) is 12.1 Å². The molecule has 1 aromatic rings. The second-order valence-corrected chi connectivity index (χ2v) is 8.48. The van der Waals surface area contributed by atoms with Crippen molar-refractivity contribution in [3.8, 4) is 0 Å². The second-order valence-electron chi connectivity index (χ2n) is 6.06. The van der Waals surface area contributed by atoms with Gasteiger partial charge < -0.3 is 5.32 Å². The van der Waals surface area contributed by atoms with Crippen molar-refractivity contribution in [2.75, 3.05) is 6.54 Å². The Bertz CT molecular complexity index is 523. The highest BCUT2D eigenvalue weighted by molar-refractivity contribution is 7.85. The van der Waals surface area contributed by atoms with Crippen LogP contribution in [0.1, 0.15) is 33.6 Å². The predicted molar refractivity (Wildman–Crippen MR) is 91.7 cm³/mol. The summed E-state index contributed by atoms with van der Waals surface area (Å²) in [7, 11) is -1.07. The van der Waals surface area contributed by atoms with Gasteiger partial charge in [0.15, 0.2) is 0 Å². The molecule has 5 unspecified atom stereocenters. The van der Waals surface area contributed by atoms with Crippen molar-refractivity contribution in [3.05, 3.63) is 28.2 Å². The zero-order valence-electron chi connectivity index (χ0n) is 12.7. The van der Waals surface area contributed by atoms with E-state index < -0.39 is 10.8 Å². The highest BCUT2D eigenvalue weighted by Crippen LogP contribution is 2.35. The van der Waals surface area contributed by atoms with E-state index in [-0.39, 0.29) is 5.25 Å². The normalized spacial score (nSPS) is 31.1. The molecule has 0 aliphatic heterocycles. The summed E-state index contributed by atoms with van der Waals surface area (Å²) in [4.78, 5) is 0.777. The van der Waals surface area contributed by atoms with Crippen LogP contribution in [0.15, 0.2) is 23.1 Å². The minimum Gasteiger partial charge on any atom is -0.313 e. The third kappa shape index (κ3) is 4.01. The van der Waals surface area contributed by atoms with E-state index >= 15 is 0 Å². The Kier molecular flexibility index (Phi) is 6.13. The Morgan fingerprint density at radius 1 is 1.24 bits per heavy atom. The molecule has 0 spiro atoms. The number of halogens is 2. The van der Waals surface area contributed by atoms with Crippen molar-refractivity contribution in [2.24, 2.45) is 11.8 Å². The maximum atomic E-state index is 13.0. The topological polar surface area (TPSA) is 29.1 Å².